The number of rotatable bonds is 1. The van der Waals surface area contributed by atoms with Gasteiger partial charge < -0.3 is 9.84 Å². The highest BCUT2D eigenvalue weighted by Crippen LogP contribution is 2.35. The maximum atomic E-state index is 12.2. The van der Waals surface area contributed by atoms with E-state index in [9.17, 15) is 9.90 Å². The minimum atomic E-state index is -1.15. The first-order chi connectivity index (χ1) is 9.16. The lowest BCUT2D eigenvalue weighted by Gasteiger charge is -2.29. The van der Waals surface area contributed by atoms with Crippen molar-refractivity contribution in [2.75, 3.05) is 0 Å². The van der Waals surface area contributed by atoms with Crippen molar-refractivity contribution in [3.63, 3.8) is 0 Å². The first-order valence-electron chi connectivity index (χ1n) is 6.21. The summed E-state index contributed by atoms with van der Waals surface area (Å²) >= 11 is 0. The molecule has 0 saturated heterocycles. The van der Waals surface area contributed by atoms with Gasteiger partial charge in [-0.1, -0.05) is 36.4 Å². The molecule has 0 amide bonds. The summed E-state index contributed by atoms with van der Waals surface area (Å²) in [6.07, 6.45) is -1.79. The predicted octanol–water partition coefficient (Wildman–Crippen LogP) is 2.67. The number of benzene rings is 2. The minimum Gasteiger partial charge on any atom is -0.482 e. The van der Waals surface area contributed by atoms with E-state index in [1.807, 2.05) is 49.4 Å². The number of hydrogen-bond donors (Lipinski definition) is 1. The molecule has 19 heavy (non-hydrogen) atoms. The number of aliphatic hydroxyl groups is 1. The molecule has 0 aliphatic carbocycles. The summed E-state index contributed by atoms with van der Waals surface area (Å²) in [5.41, 5.74) is 2.27. The maximum absolute atomic E-state index is 12.2. The third kappa shape index (κ3) is 2.02. The van der Waals surface area contributed by atoms with Gasteiger partial charge in [0, 0.05) is 0 Å². The van der Waals surface area contributed by atoms with Crippen LogP contribution in [0.4, 0.5) is 0 Å². The van der Waals surface area contributed by atoms with Crippen molar-refractivity contribution in [1.29, 1.82) is 0 Å². The number of fused-ring (bicyclic) bond motifs is 1. The number of carbonyl (C=O) groups excluding carboxylic acids is 1. The van der Waals surface area contributed by atoms with Gasteiger partial charge in [-0.3, -0.25) is 4.79 Å². The number of ether oxygens (including phenoxy) is 1. The van der Waals surface area contributed by atoms with Gasteiger partial charge in [-0.2, -0.15) is 0 Å². The molecule has 1 aliphatic heterocycles. The van der Waals surface area contributed by atoms with Gasteiger partial charge in [-0.05, 0) is 30.2 Å². The molecule has 0 fully saturated rings. The van der Waals surface area contributed by atoms with Gasteiger partial charge in [0.25, 0.3) is 0 Å². The van der Waals surface area contributed by atoms with Crippen molar-refractivity contribution < 1.29 is 14.6 Å². The van der Waals surface area contributed by atoms with E-state index >= 15 is 0 Å². The highest BCUT2D eigenvalue weighted by molar-refractivity contribution is 6.03. The summed E-state index contributed by atoms with van der Waals surface area (Å²) in [5, 5.41) is 10.1. The average molecular weight is 254 g/mol. The molecule has 1 N–H and O–H groups in total. The second-order valence-corrected chi connectivity index (χ2v) is 4.76. The van der Waals surface area contributed by atoms with Gasteiger partial charge in [0.15, 0.2) is 18.0 Å². The molecule has 0 aromatic heterocycles. The van der Waals surface area contributed by atoms with E-state index in [1.54, 1.807) is 6.07 Å². The Morgan fingerprint density at radius 2 is 1.84 bits per heavy atom. The number of hydrogen-bond acceptors (Lipinski definition) is 3. The minimum absolute atomic E-state index is 0.282. The molecule has 0 spiro atoms. The van der Waals surface area contributed by atoms with Crippen LogP contribution in [0, 0.1) is 6.92 Å². The van der Waals surface area contributed by atoms with Crippen LogP contribution in [0.3, 0.4) is 0 Å². The molecule has 1 aliphatic rings. The third-order valence-corrected chi connectivity index (χ3v) is 3.34. The second-order valence-electron chi connectivity index (χ2n) is 4.76. The van der Waals surface area contributed by atoms with E-state index in [2.05, 4.69) is 0 Å². The zero-order valence-electron chi connectivity index (χ0n) is 10.5. The van der Waals surface area contributed by atoms with Crippen LogP contribution in [0.15, 0.2) is 48.5 Å². The first-order valence-corrected chi connectivity index (χ1v) is 6.21. The zero-order chi connectivity index (χ0) is 13.4. The van der Waals surface area contributed by atoms with Gasteiger partial charge in [0.2, 0.25) is 0 Å². The molecule has 2 aromatic carbocycles. The Bertz CT molecular complexity index is 619. The Morgan fingerprint density at radius 1 is 1.11 bits per heavy atom. The molecule has 1 heterocycles. The smallest absolute Gasteiger partial charge is 0.199 e. The molecule has 2 atom stereocenters. The quantitative estimate of drug-likeness (QED) is 0.851. The predicted molar refractivity (Wildman–Crippen MR) is 71.3 cm³/mol. The standard InChI is InChI=1S/C16H14O3/c1-10-7-8-12-13(9-10)19-16(15(18)14(12)17)11-5-3-2-4-6-11/h2-9,15-16,18H,1H3/t15-,16+/m0/s1. The maximum Gasteiger partial charge on any atom is 0.199 e. The van der Waals surface area contributed by atoms with E-state index in [0.29, 0.717) is 11.3 Å². The summed E-state index contributed by atoms with van der Waals surface area (Å²) < 4.78 is 5.81. The Labute approximate surface area is 111 Å². The van der Waals surface area contributed by atoms with Crippen LogP contribution in [0.1, 0.15) is 27.6 Å². The van der Waals surface area contributed by atoms with Gasteiger partial charge in [-0.15, -0.1) is 0 Å². The lowest BCUT2D eigenvalue weighted by molar-refractivity contribution is 0.0216. The molecule has 3 rings (SSSR count). The molecule has 3 heteroatoms. The molecule has 0 bridgehead atoms. The van der Waals surface area contributed by atoms with Crippen molar-refractivity contribution >= 4 is 5.78 Å². The van der Waals surface area contributed by atoms with Crippen LogP contribution in [0.2, 0.25) is 0 Å². The first kappa shape index (κ1) is 11.9. The van der Waals surface area contributed by atoms with Crippen molar-refractivity contribution in [1.82, 2.24) is 0 Å². The van der Waals surface area contributed by atoms with Crippen LogP contribution in [-0.2, 0) is 0 Å². The fraction of sp³-hybridized carbons (Fsp3) is 0.188. The average Bonchev–Trinajstić information content (AvgIpc) is 2.43. The van der Waals surface area contributed by atoms with Gasteiger partial charge in [0.1, 0.15) is 5.75 Å². The van der Waals surface area contributed by atoms with E-state index in [1.165, 1.54) is 0 Å². The number of aryl methyl sites for hydroxylation is 1. The zero-order valence-corrected chi connectivity index (χ0v) is 10.5. The van der Waals surface area contributed by atoms with Crippen molar-refractivity contribution in [2.24, 2.45) is 0 Å². The molecule has 0 radical (unpaired) electrons. The molecular weight excluding hydrogens is 240 g/mol. The summed E-state index contributed by atoms with van der Waals surface area (Å²) in [5.74, 6) is 0.263. The van der Waals surface area contributed by atoms with Crippen molar-refractivity contribution in [3.05, 3.63) is 65.2 Å². The van der Waals surface area contributed by atoms with Crippen LogP contribution in [-0.4, -0.2) is 17.0 Å². The highest BCUT2D eigenvalue weighted by Gasteiger charge is 2.36. The number of Topliss-reactive ketones (excluding diaryl/α,β-unsaturated/α-hetero) is 1. The van der Waals surface area contributed by atoms with Crippen LogP contribution in [0.25, 0.3) is 0 Å². The molecule has 96 valence electrons. The van der Waals surface area contributed by atoms with Crippen molar-refractivity contribution in [3.8, 4) is 5.75 Å². The van der Waals surface area contributed by atoms with E-state index in [4.69, 9.17) is 4.74 Å². The Kier molecular flexibility index (Phi) is 2.84. The van der Waals surface area contributed by atoms with Gasteiger partial charge in [-0.25, -0.2) is 0 Å². The van der Waals surface area contributed by atoms with E-state index in [-0.39, 0.29) is 5.78 Å². The summed E-state index contributed by atoms with van der Waals surface area (Å²) in [7, 11) is 0. The number of carbonyl (C=O) groups is 1. The summed E-state index contributed by atoms with van der Waals surface area (Å²) in [4.78, 5) is 12.2. The molecular formula is C16H14O3. The topological polar surface area (TPSA) is 46.5 Å². The van der Waals surface area contributed by atoms with Gasteiger partial charge >= 0.3 is 0 Å². The summed E-state index contributed by atoms with van der Waals surface area (Å²) in [6, 6.07) is 14.7. The van der Waals surface area contributed by atoms with Crippen LogP contribution in [0.5, 0.6) is 5.75 Å². The lowest BCUT2D eigenvalue weighted by Crippen LogP contribution is -2.36. The SMILES string of the molecule is Cc1ccc2c(c1)O[C@H](c1ccccc1)[C@@H](O)C2=O. The van der Waals surface area contributed by atoms with Gasteiger partial charge in [0.05, 0.1) is 5.56 Å². The number of ketones is 1. The highest BCUT2D eigenvalue weighted by atomic mass is 16.5. The van der Waals surface area contributed by atoms with Crippen LogP contribution < -0.4 is 4.74 Å². The molecule has 0 saturated carbocycles. The Morgan fingerprint density at radius 3 is 2.58 bits per heavy atom. The molecule has 2 aromatic rings. The van der Waals surface area contributed by atoms with Crippen molar-refractivity contribution in [2.45, 2.75) is 19.1 Å². The molecule has 0 unspecified atom stereocenters. The molecule has 3 nitrogen and oxygen atoms in total. The Hall–Kier alpha value is -2.13. The number of aliphatic hydroxyl groups excluding tert-OH is 1. The monoisotopic (exact) mass is 254 g/mol. The second kappa shape index (κ2) is 4.52. The normalized spacial score (nSPS) is 21.7. The Balaban J connectivity index is 2.05. The lowest BCUT2D eigenvalue weighted by atomic mass is 9.93. The van der Waals surface area contributed by atoms with Crippen LogP contribution >= 0.6 is 0 Å². The fourth-order valence-corrected chi connectivity index (χ4v) is 2.32. The van der Waals surface area contributed by atoms with E-state index in [0.717, 1.165) is 11.1 Å². The summed E-state index contributed by atoms with van der Waals surface area (Å²) in [6.45, 7) is 1.94. The third-order valence-electron chi connectivity index (χ3n) is 3.34. The fourth-order valence-electron chi connectivity index (χ4n) is 2.32. The van der Waals surface area contributed by atoms with E-state index < -0.39 is 12.2 Å². The largest absolute Gasteiger partial charge is 0.482 e.